The number of ether oxygens (including phenoxy) is 1. The van der Waals surface area contributed by atoms with Crippen LogP contribution in [-0.4, -0.2) is 23.2 Å². The highest BCUT2D eigenvalue weighted by atomic mass is 16.5. The van der Waals surface area contributed by atoms with Gasteiger partial charge in [0.2, 0.25) is 0 Å². The zero-order chi connectivity index (χ0) is 18.4. The summed E-state index contributed by atoms with van der Waals surface area (Å²) in [5.41, 5.74) is 3.91. The Morgan fingerprint density at radius 2 is 1.96 bits per heavy atom. The number of aromatic carboxylic acids is 1. The van der Waals surface area contributed by atoms with E-state index in [9.17, 15) is 9.90 Å². The fourth-order valence-electron chi connectivity index (χ4n) is 3.31. The molecule has 0 fully saturated rings. The van der Waals surface area contributed by atoms with Gasteiger partial charge in [0.25, 0.3) is 0 Å². The van der Waals surface area contributed by atoms with Crippen LogP contribution in [0.15, 0.2) is 46.9 Å². The molecule has 0 saturated carbocycles. The van der Waals surface area contributed by atoms with Gasteiger partial charge in [-0.25, -0.2) is 9.78 Å². The molecule has 0 atom stereocenters. The van der Waals surface area contributed by atoms with Gasteiger partial charge in [0, 0.05) is 10.8 Å². The SMILES string of the molecule is COc1cccc2cc(-c3cc(C(=O)O)c4cc(C)cc(C)c4n3)oc12. The molecule has 0 saturated heterocycles. The number of methoxy groups -OCH3 is 1. The van der Waals surface area contributed by atoms with E-state index in [4.69, 9.17) is 9.15 Å². The minimum absolute atomic E-state index is 0.212. The molecule has 2 aromatic heterocycles. The third kappa shape index (κ3) is 2.49. The van der Waals surface area contributed by atoms with E-state index in [1.165, 1.54) is 0 Å². The molecule has 0 amide bonds. The molecule has 0 bridgehead atoms. The first-order chi connectivity index (χ1) is 12.5. The van der Waals surface area contributed by atoms with Crippen molar-refractivity contribution in [2.45, 2.75) is 13.8 Å². The van der Waals surface area contributed by atoms with Crippen LogP contribution >= 0.6 is 0 Å². The molecule has 5 nitrogen and oxygen atoms in total. The molecule has 0 unspecified atom stereocenters. The van der Waals surface area contributed by atoms with E-state index >= 15 is 0 Å². The van der Waals surface area contributed by atoms with E-state index in [0.717, 1.165) is 16.5 Å². The fraction of sp³-hybridized carbons (Fsp3) is 0.143. The number of rotatable bonds is 3. The molecule has 2 aromatic carbocycles. The minimum atomic E-state index is -0.989. The first-order valence-corrected chi connectivity index (χ1v) is 8.20. The molecule has 1 N–H and O–H groups in total. The van der Waals surface area contributed by atoms with Gasteiger partial charge in [-0.05, 0) is 43.7 Å². The number of furan rings is 1. The monoisotopic (exact) mass is 347 g/mol. The summed E-state index contributed by atoms with van der Waals surface area (Å²) >= 11 is 0. The van der Waals surface area contributed by atoms with E-state index in [1.807, 2.05) is 50.2 Å². The van der Waals surface area contributed by atoms with Crippen LogP contribution in [0.4, 0.5) is 0 Å². The topological polar surface area (TPSA) is 72.6 Å². The summed E-state index contributed by atoms with van der Waals surface area (Å²) in [7, 11) is 1.58. The Bertz CT molecular complexity index is 1170. The van der Waals surface area contributed by atoms with E-state index < -0.39 is 5.97 Å². The number of para-hydroxylation sites is 1. The van der Waals surface area contributed by atoms with Crippen LogP contribution in [0, 0.1) is 13.8 Å². The second-order valence-corrected chi connectivity index (χ2v) is 6.33. The molecule has 4 aromatic rings. The standard InChI is InChI=1S/C21H17NO4/c1-11-7-12(2)19-14(8-11)15(21(23)24)10-16(22-19)18-9-13-5-4-6-17(25-3)20(13)26-18/h4-10H,1-3H3,(H,23,24). The number of hydrogen-bond donors (Lipinski definition) is 1. The molecule has 0 spiro atoms. The van der Waals surface area contributed by atoms with Gasteiger partial charge in [0.05, 0.1) is 18.2 Å². The van der Waals surface area contributed by atoms with Crippen molar-refractivity contribution < 1.29 is 19.1 Å². The molecule has 0 aliphatic rings. The lowest BCUT2D eigenvalue weighted by Gasteiger charge is -2.09. The van der Waals surface area contributed by atoms with Crippen molar-refractivity contribution in [3.63, 3.8) is 0 Å². The molecule has 26 heavy (non-hydrogen) atoms. The Kier molecular flexibility index (Phi) is 3.65. The maximum atomic E-state index is 11.8. The van der Waals surface area contributed by atoms with Gasteiger partial charge in [0.15, 0.2) is 17.1 Å². The van der Waals surface area contributed by atoms with Crippen molar-refractivity contribution in [2.24, 2.45) is 0 Å². The predicted molar refractivity (Wildman–Crippen MR) is 99.9 cm³/mol. The Morgan fingerprint density at radius 3 is 2.69 bits per heavy atom. The number of nitrogens with zero attached hydrogens (tertiary/aromatic N) is 1. The van der Waals surface area contributed by atoms with Crippen molar-refractivity contribution in [1.82, 2.24) is 4.98 Å². The highest BCUT2D eigenvalue weighted by Crippen LogP contribution is 2.34. The van der Waals surface area contributed by atoms with Crippen molar-refractivity contribution in [3.8, 4) is 17.2 Å². The minimum Gasteiger partial charge on any atom is -0.493 e. The number of carbonyl (C=O) groups is 1. The van der Waals surface area contributed by atoms with Gasteiger partial charge < -0.3 is 14.3 Å². The number of carboxylic acids is 1. The molecule has 5 heteroatoms. The summed E-state index contributed by atoms with van der Waals surface area (Å²) in [4.78, 5) is 16.5. The maximum absolute atomic E-state index is 11.8. The molecular weight excluding hydrogens is 330 g/mol. The second-order valence-electron chi connectivity index (χ2n) is 6.33. The van der Waals surface area contributed by atoms with Crippen LogP contribution in [-0.2, 0) is 0 Å². The highest BCUT2D eigenvalue weighted by molar-refractivity contribution is 6.04. The zero-order valence-electron chi connectivity index (χ0n) is 14.7. The quantitative estimate of drug-likeness (QED) is 0.566. The van der Waals surface area contributed by atoms with Crippen molar-refractivity contribution in [2.75, 3.05) is 7.11 Å². The number of aromatic nitrogens is 1. The molecule has 0 aliphatic heterocycles. The number of benzene rings is 2. The molecule has 0 aliphatic carbocycles. The van der Waals surface area contributed by atoms with Crippen molar-refractivity contribution in [1.29, 1.82) is 0 Å². The summed E-state index contributed by atoms with van der Waals surface area (Å²) in [5, 5.41) is 11.2. The third-order valence-corrected chi connectivity index (χ3v) is 4.46. The summed E-state index contributed by atoms with van der Waals surface area (Å²) < 4.78 is 11.3. The number of hydrogen-bond acceptors (Lipinski definition) is 4. The highest BCUT2D eigenvalue weighted by Gasteiger charge is 2.17. The number of carboxylic acid groups (broad SMARTS) is 1. The molecule has 0 radical (unpaired) electrons. The van der Waals surface area contributed by atoms with E-state index in [1.54, 1.807) is 13.2 Å². The van der Waals surface area contributed by atoms with E-state index in [2.05, 4.69) is 4.98 Å². The van der Waals surface area contributed by atoms with Crippen LogP contribution in [0.3, 0.4) is 0 Å². The van der Waals surface area contributed by atoms with Gasteiger partial charge in [0.1, 0.15) is 5.69 Å². The number of fused-ring (bicyclic) bond motifs is 2. The molecule has 2 heterocycles. The van der Waals surface area contributed by atoms with Crippen LogP contribution in [0.1, 0.15) is 21.5 Å². The lowest BCUT2D eigenvalue weighted by Crippen LogP contribution is -2.01. The van der Waals surface area contributed by atoms with Gasteiger partial charge in [-0.2, -0.15) is 0 Å². The van der Waals surface area contributed by atoms with Crippen LogP contribution in [0.5, 0.6) is 5.75 Å². The molecule has 130 valence electrons. The second kappa shape index (κ2) is 5.88. The summed E-state index contributed by atoms with van der Waals surface area (Å²) in [6.07, 6.45) is 0. The van der Waals surface area contributed by atoms with Gasteiger partial charge >= 0.3 is 5.97 Å². The summed E-state index contributed by atoms with van der Waals surface area (Å²) in [6, 6.07) is 12.9. The number of aryl methyl sites for hydroxylation is 2. The van der Waals surface area contributed by atoms with E-state index in [0.29, 0.717) is 33.7 Å². The Balaban J connectivity index is 2.02. The van der Waals surface area contributed by atoms with Crippen molar-refractivity contribution in [3.05, 3.63) is 59.2 Å². The average Bonchev–Trinajstić information content (AvgIpc) is 3.05. The largest absolute Gasteiger partial charge is 0.493 e. The Labute approximate surface area is 149 Å². The third-order valence-electron chi connectivity index (χ3n) is 4.46. The Morgan fingerprint density at radius 1 is 1.15 bits per heavy atom. The van der Waals surface area contributed by atoms with Crippen LogP contribution < -0.4 is 4.74 Å². The smallest absolute Gasteiger partial charge is 0.336 e. The maximum Gasteiger partial charge on any atom is 0.336 e. The van der Waals surface area contributed by atoms with E-state index in [-0.39, 0.29) is 5.56 Å². The first-order valence-electron chi connectivity index (χ1n) is 8.20. The van der Waals surface area contributed by atoms with Gasteiger partial charge in [-0.3, -0.25) is 0 Å². The van der Waals surface area contributed by atoms with Gasteiger partial charge in [-0.15, -0.1) is 0 Å². The predicted octanol–water partition coefficient (Wildman–Crippen LogP) is 4.97. The van der Waals surface area contributed by atoms with Crippen LogP contribution in [0.2, 0.25) is 0 Å². The lowest BCUT2D eigenvalue weighted by atomic mass is 10.0. The number of pyridine rings is 1. The van der Waals surface area contributed by atoms with Gasteiger partial charge in [-0.1, -0.05) is 23.8 Å². The lowest BCUT2D eigenvalue weighted by molar-refractivity contribution is 0.0699. The van der Waals surface area contributed by atoms with Crippen molar-refractivity contribution >= 4 is 27.8 Å². The first kappa shape index (κ1) is 16.1. The normalized spacial score (nSPS) is 11.2. The average molecular weight is 347 g/mol. The summed E-state index contributed by atoms with van der Waals surface area (Å²) in [5.74, 6) is 0.144. The molecular formula is C21H17NO4. The zero-order valence-corrected chi connectivity index (χ0v) is 14.7. The Hall–Kier alpha value is -3.34. The summed E-state index contributed by atoms with van der Waals surface area (Å²) in [6.45, 7) is 3.87. The van der Waals surface area contributed by atoms with Crippen LogP contribution in [0.25, 0.3) is 33.3 Å². The molecule has 4 rings (SSSR count). The fourth-order valence-corrected chi connectivity index (χ4v) is 3.31.